The van der Waals surface area contributed by atoms with E-state index in [0.29, 0.717) is 5.92 Å². The highest BCUT2D eigenvalue weighted by Gasteiger charge is 2.21. The molecule has 2 nitrogen and oxygen atoms in total. The van der Waals surface area contributed by atoms with E-state index in [0.717, 1.165) is 5.13 Å². The first-order valence-electron chi connectivity index (χ1n) is 6.16. The van der Waals surface area contributed by atoms with Crippen LogP contribution < -0.4 is 10.7 Å². The number of anilines is 1. The van der Waals surface area contributed by atoms with E-state index in [1.54, 1.807) is 11.3 Å². The Labute approximate surface area is 106 Å². The molecule has 3 N–H and O–H groups in total. The number of nitrogen functional groups attached to an aromatic ring is 1. The first-order chi connectivity index (χ1) is 8.33. The van der Waals surface area contributed by atoms with Gasteiger partial charge in [-0.3, -0.25) is 5.73 Å². The van der Waals surface area contributed by atoms with Crippen LogP contribution in [0.1, 0.15) is 35.6 Å². The second-order valence-electron chi connectivity index (χ2n) is 4.72. The van der Waals surface area contributed by atoms with E-state index in [2.05, 4.69) is 34.6 Å². The Morgan fingerprint density at radius 2 is 1.76 bits per heavy atom. The van der Waals surface area contributed by atoms with Crippen LogP contribution in [-0.4, -0.2) is 0 Å². The van der Waals surface area contributed by atoms with Crippen LogP contribution in [0.3, 0.4) is 0 Å². The van der Waals surface area contributed by atoms with Crippen molar-refractivity contribution in [2.24, 2.45) is 0 Å². The Hall–Kier alpha value is -1.35. The number of aryl methyl sites for hydroxylation is 2. The number of nitrogens with one attached hydrogen (secondary N) is 1. The number of nitrogens with two attached hydrogens (primary N) is 1. The number of fused-ring (bicyclic) bond motifs is 1. The molecule has 0 unspecified atom stereocenters. The Morgan fingerprint density at radius 3 is 2.29 bits per heavy atom. The van der Waals surface area contributed by atoms with Crippen molar-refractivity contribution >= 4 is 16.5 Å². The van der Waals surface area contributed by atoms with E-state index in [1.165, 1.54) is 42.5 Å². The van der Waals surface area contributed by atoms with Crippen molar-refractivity contribution < 1.29 is 4.98 Å². The Bertz CT molecular complexity index is 491. The molecule has 3 heteroatoms. The summed E-state index contributed by atoms with van der Waals surface area (Å²) >= 11 is 1.61. The van der Waals surface area contributed by atoms with Crippen molar-refractivity contribution in [3.05, 3.63) is 46.5 Å². The molecule has 0 fully saturated rings. The molecule has 0 saturated heterocycles. The number of hydrogen-bond donors (Lipinski definition) is 1. The number of rotatable bonds is 1. The highest BCUT2D eigenvalue weighted by molar-refractivity contribution is 7.13. The van der Waals surface area contributed by atoms with Crippen LogP contribution in [0.5, 0.6) is 0 Å². The largest absolute Gasteiger partial charge is 0.329 e. The minimum absolute atomic E-state index is 0.635. The van der Waals surface area contributed by atoms with Gasteiger partial charge in [-0.15, -0.1) is 0 Å². The third-order valence-corrected chi connectivity index (χ3v) is 4.39. The predicted octanol–water partition coefficient (Wildman–Crippen LogP) is 2.81. The van der Waals surface area contributed by atoms with Crippen molar-refractivity contribution in [3.8, 4) is 0 Å². The number of aromatic nitrogens is 1. The summed E-state index contributed by atoms with van der Waals surface area (Å²) in [5.41, 5.74) is 10.1. The molecule has 0 bridgehead atoms. The number of H-pyrrole nitrogens is 1. The lowest BCUT2D eigenvalue weighted by Gasteiger charge is -2.08. The average Bonchev–Trinajstić information content (AvgIpc) is 2.66. The zero-order chi connectivity index (χ0) is 11.7. The van der Waals surface area contributed by atoms with Gasteiger partial charge in [0.05, 0.1) is 0 Å². The van der Waals surface area contributed by atoms with Gasteiger partial charge in [-0.25, -0.2) is 4.98 Å². The maximum absolute atomic E-state index is 5.77. The van der Waals surface area contributed by atoms with Crippen molar-refractivity contribution in [3.63, 3.8) is 0 Å². The fraction of sp³-hybridized carbons (Fsp3) is 0.357. The fourth-order valence-electron chi connectivity index (χ4n) is 2.69. The Balaban J connectivity index is 1.81. The molecule has 0 saturated carbocycles. The predicted molar refractivity (Wildman–Crippen MR) is 71.1 cm³/mol. The summed E-state index contributed by atoms with van der Waals surface area (Å²) in [5.74, 6) is 0.635. The van der Waals surface area contributed by atoms with Gasteiger partial charge in [0.25, 0.3) is 0 Å². The van der Waals surface area contributed by atoms with Gasteiger partial charge in [-0.1, -0.05) is 35.6 Å². The maximum atomic E-state index is 5.77. The summed E-state index contributed by atoms with van der Waals surface area (Å²) < 4.78 is 0. The summed E-state index contributed by atoms with van der Waals surface area (Å²) in [5, 5.41) is 3.00. The molecule has 0 amide bonds. The molecule has 2 aromatic rings. The molecule has 0 atom stereocenters. The molecule has 88 valence electrons. The van der Waals surface area contributed by atoms with Gasteiger partial charge < -0.3 is 0 Å². The Kier molecular flexibility index (Phi) is 2.85. The second-order valence-corrected chi connectivity index (χ2v) is 5.63. The zero-order valence-electron chi connectivity index (χ0n) is 9.78. The van der Waals surface area contributed by atoms with E-state index in [1.807, 2.05) is 0 Å². The van der Waals surface area contributed by atoms with Crippen LogP contribution in [-0.2, 0) is 12.8 Å². The van der Waals surface area contributed by atoms with Crippen LogP contribution in [0.25, 0.3) is 0 Å². The fourth-order valence-corrected chi connectivity index (χ4v) is 3.37. The third-order valence-electron chi connectivity index (χ3n) is 3.66. The standard InChI is InChI=1S/C14H16N2S/c15-14-16-13(9-17-14)12-7-5-10-3-1-2-4-11(10)6-8-12/h1-4,9,12H,5-8H2,(H2,15,16)/p+1. The first kappa shape index (κ1) is 10.8. The summed E-state index contributed by atoms with van der Waals surface area (Å²) in [6, 6.07) is 8.83. The average molecular weight is 245 g/mol. The molecule has 3 rings (SSSR count). The number of benzene rings is 1. The lowest BCUT2D eigenvalue weighted by atomic mass is 9.97. The van der Waals surface area contributed by atoms with Crippen LogP contribution in [0, 0.1) is 0 Å². The quantitative estimate of drug-likeness (QED) is 0.771. The van der Waals surface area contributed by atoms with Crippen molar-refractivity contribution in [1.29, 1.82) is 0 Å². The van der Waals surface area contributed by atoms with E-state index >= 15 is 0 Å². The van der Waals surface area contributed by atoms with Crippen molar-refractivity contribution in [2.45, 2.75) is 31.6 Å². The minimum atomic E-state index is 0.635. The lowest BCUT2D eigenvalue weighted by molar-refractivity contribution is -0.369. The molecular formula is C14H17N2S+. The van der Waals surface area contributed by atoms with Gasteiger partial charge in [0.1, 0.15) is 5.69 Å². The van der Waals surface area contributed by atoms with Crippen LogP contribution in [0.15, 0.2) is 29.6 Å². The molecule has 17 heavy (non-hydrogen) atoms. The number of aromatic amines is 1. The van der Waals surface area contributed by atoms with Crippen molar-refractivity contribution in [1.82, 2.24) is 0 Å². The van der Waals surface area contributed by atoms with E-state index in [9.17, 15) is 0 Å². The van der Waals surface area contributed by atoms with Gasteiger partial charge in [-0.2, -0.15) is 0 Å². The molecule has 1 heterocycles. The van der Waals surface area contributed by atoms with Gasteiger partial charge >= 0.3 is 5.13 Å². The van der Waals surface area contributed by atoms with Crippen LogP contribution >= 0.6 is 11.3 Å². The number of hydrogen-bond acceptors (Lipinski definition) is 2. The molecule has 1 aliphatic rings. The maximum Gasteiger partial charge on any atom is 0.329 e. The van der Waals surface area contributed by atoms with Gasteiger partial charge in [0.15, 0.2) is 0 Å². The topological polar surface area (TPSA) is 40.2 Å². The smallest absolute Gasteiger partial charge is 0.278 e. The molecule has 1 aromatic heterocycles. The highest BCUT2D eigenvalue weighted by atomic mass is 32.1. The summed E-state index contributed by atoms with van der Waals surface area (Å²) in [6.07, 6.45) is 4.82. The minimum Gasteiger partial charge on any atom is -0.278 e. The normalized spacial score (nSPS) is 16.5. The molecule has 0 aliphatic heterocycles. The van der Waals surface area contributed by atoms with E-state index in [4.69, 9.17) is 5.73 Å². The van der Waals surface area contributed by atoms with Crippen LogP contribution in [0.4, 0.5) is 5.13 Å². The van der Waals surface area contributed by atoms with Crippen LogP contribution in [0.2, 0.25) is 0 Å². The monoisotopic (exact) mass is 245 g/mol. The van der Waals surface area contributed by atoms with Gasteiger partial charge in [-0.05, 0) is 36.8 Å². The van der Waals surface area contributed by atoms with E-state index < -0.39 is 0 Å². The molecule has 0 spiro atoms. The van der Waals surface area contributed by atoms with E-state index in [-0.39, 0.29) is 0 Å². The highest BCUT2D eigenvalue weighted by Crippen LogP contribution is 2.30. The SMILES string of the molecule is Nc1[nH+]c(C2CCc3ccccc3CC2)cs1. The summed E-state index contributed by atoms with van der Waals surface area (Å²) in [7, 11) is 0. The van der Waals surface area contributed by atoms with Crippen molar-refractivity contribution in [2.75, 3.05) is 5.73 Å². The van der Waals surface area contributed by atoms with Gasteiger partial charge in [0, 0.05) is 11.3 Å². The Morgan fingerprint density at radius 1 is 1.12 bits per heavy atom. The lowest BCUT2D eigenvalue weighted by Crippen LogP contribution is -2.14. The first-order valence-corrected chi connectivity index (χ1v) is 7.04. The second kappa shape index (κ2) is 4.49. The van der Waals surface area contributed by atoms with Gasteiger partial charge in [0.2, 0.25) is 0 Å². The molecule has 1 aliphatic carbocycles. The number of thiazole rings is 1. The zero-order valence-corrected chi connectivity index (χ0v) is 10.6. The summed E-state index contributed by atoms with van der Waals surface area (Å²) in [6.45, 7) is 0. The molecule has 0 radical (unpaired) electrons. The molecule has 1 aromatic carbocycles. The molecular weight excluding hydrogens is 228 g/mol. The summed E-state index contributed by atoms with van der Waals surface area (Å²) in [4.78, 5) is 3.30. The third kappa shape index (κ3) is 2.20.